The SMILES string of the molecule is CN1c2ccccc2C2(CCNCC2)C1CC1Cc2c(Cl)cccc2CN1. The Balaban J connectivity index is 1.45. The molecule has 4 heteroatoms. The molecule has 27 heavy (non-hydrogen) atoms. The van der Waals surface area contributed by atoms with Crippen LogP contribution in [-0.4, -0.2) is 32.2 Å². The summed E-state index contributed by atoms with van der Waals surface area (Å²) in [7, 11) is 2.30. The fourth-order valence-electron chi connectivity index (χ4n) is 5.79. The lowest BCUT2D eigenvalue weighted by atomic mass is 9.68. The van der Waals surface area contributed by atoms with Gasteiger partial charge in [-0.1, -0.05) is 41.9 Å². The molecule has 3 aliphatic rings. The van der Waals surface area contributed by atoms with E-state index in [1.165, 1.54) is 29.7 Å². The molecule has 1 fully saturated rings. The van der Waals surface area contributed by atoms with E-state index in [4.69, 9.17) is 11.6 Å². The molecular weight excluding hydrogens is 354 g/mol. The molecule has 5 rings (SSSR count). The van der Waals surface area contributed by atoms with E-state index < -0.39 is 0 Å². The Kier molecular flexibility index (Phi) is 4.42. The molecule has 1 spiro atoms. The largest absolute Gasteiger partial charge is 0.370 e. The summed E-state index contributed by atoms with van der Waals surface area (Å²) in [5, 5.41) is 8.30. The number of benzene rings is 2. The Labute approximate surface area is 167 Å². The predicted molar refractivity (Wildman–Crippen MR) is 113 cm³/mol. The van der Waals surface area contributed by atoms with Crippen LogP contribution in [0.5, 0.6) is 0 Å². The van der Waals surface area contributed by atoms with Crippen LogP contribution in [0.1, 0.15) is 36.0 Å². The first-order chi connectivity index (χ1) is 13.2. The summed E-state index contributed by atoms with van der Waals surface area (Å²) in [5.74, 6) is 0. The molecule has 3 aliphatic heterocycles. The number of anilines is 1. The zero-order valence-electron chi connectivity index (χ0n) is 16.0. The molecule has 0 amide bonds. The van der Waals surface area contributed by atoms with E-state index in [-0.39, 0.29) is 5.41 Å². The number of hydrogen-bond acceptors (Lipinski definition) is 3. The van der Waals surface area contributed by atoms with Gasteiger partial charge in [-0.05, 0) is 67.6 Å². The summed E-state index contributed by atoms with van der Waals surface area (Å²) in [6.45, 7) is 3.16. The third-order valence-corrected chi connectivity index (χ3v) is 7.53. The monoisotopic (exact) mass is 381 g/mol. The smallest absolute Gasteiger partial charge is 0.0441 e. The molecule has 3 heterocycles. The van der Waals surface area contributed by atoms with Crippen molar-refractivity contribution in [2.24, 2.45) is 0 Å². The summed E-state index contributed by atoms with van der Waals surface area (Å²) in [6.07, 6.45) is 4.64. The first-order valence-electron chi connectivity index (χ1n) is 10.2. The number of para-hydroxylation sites is 1. The first kappa shape index (κ1) is 17.5. The van der Waals surface area contributed by atoms with E-state index >= 15 is 0 Å². The van der Waals surface area contributed by atoms with Crippen molar-refractivity contribution >= 4 is 17.3 Å². The molecule has 2 unspecified atom stereocenters. The molecule has 2 aromatic carbocycles. The highest BCUT2D eigenvalue weighted by atomic mass is 35.5. The molecule has 0 saturated carbocycles. The summed E-state index contributed by atoms with van der Waals surface area (Å²) < 4.78 is 0. The summed E-state index contributed by atoms with van der Waals surface area (Å²) >= 11 is 6.52. The maximum absolute atomic E-state index is 6.52. The van der Waals surface area contributed by atoms with Gasteiger partial charge in [-0.3, -0.25) is 0 Å². The quantitative estimate of drug-likeness (QED) is 0.826. The van der Waals surface area contributed by atoms with E-state index in [2.05, 4.69) is 59.0 Å². The Hall–Kier alpha value is -1.55. The van der Waals surface area contributed by atoms with Crippen molar-refractivity contribution < 1.29 is 0 Å². The molecule has 0 bridgehead atoms. The van der Waals surface area contributed by atoms with Crippen LogP contribution >= 0.6 is 11.6 Å². The summed E-state index contributed by atoms with van der Waals surface area (Å²) in [6, 6.07) is 16.4. The van der Waals surface area contributed by atoms with E-state index in [0.717, 1.165) is 37.5 Å². The molecule has 1 saturated heterocycles. The van der Waals surface area contributed by atoms with Crippen molar-refractivity contribution in [2.45, 2.75) is 49.7 Å². The summed E-state index contributed by atoms with van der Waals surface area (Å²) in [4.78, 5) is 2.56. The second kappa shape index (κ2) is 6.80. The average Bonchev–Trinajstić information content (AvgIpc) is 2.92. The maximum atomic E-state index is 6.52. The van der Waals surface area contributed by atoms with Crippen LogP contribution in [0.25, 0.3) is 0 Å². The van der Waals surface area contributed by atoms with Crippen LogP contribution in [-0.2, 0) is 18.4 Å². The van der Waals surface area contributed by atoms with Crippen molar-refractivity contribution in [1.29, 1.82) is 0 Å². The number of likely N-dealkylation sites (N-methyl/N-ethyl adjacent to an activating group) is 1. The van der Waals surface area contributed by atoms with Crippen molar-refractivity contribution in [2.75, 3.05) is 25.0 Å². The predicted octanol–water partition coefficient (Wildman–Crippen LogP) is 3.88. The zero-order chi connectivity index (χ0) is 18.4. The third-order valence-electron chi connectivity index (χ3n) is 7.18. The van der Waals surface area contributed by atoms with Crippen LogP contribution in [0.2, 0.25) is 5.02 Å². The van der Waals surface area contributed by atoms with Crippen molar-refractivity contribution in [3.8, 4) is 0 Å². The molecule has 2 atom stereocenters. The highest BCUT2D eigenvalue weighted by molar-refractivity contribution is 6.31. The highest BCUT2D eigenvalue weighted by Crippen LogP contribution is 2.51. The normalized spacial score (nSPS) is 26.1. The van der Waals surface area contributed by atoms with Crippen LogP contribution < -0.4 is 15.5 Å². The minimum absolute atomic E-state index is 0.277. The molecule has 0 radical (unpaired) electrons. The Bertz CT molecular complexity index is 843. The molecule has 0 aromatic heterocycles. The van der Waals surface area contributed by atoms with E-state index in [1.807, 2.05) is 6.07 Å². The van der Waals surface area contributed by atoms with Crippen LogP contribution in [0.3, 0.4) is 0 Å². The van der Waals surface area contributed by atoms with Crippen LogP contribution in [0.15, 0.2) is 42.5 Å². The van der Waals surface area contributed by atoms with E-state index in [0.29, 0.717) is 12.1 Å². The molecular formula is C23H28ClN3. The summed E-state index contributed by atoms with van der Waals surface area (Å²) in [5.41, 5.74) is 5.98. The minimum Gasteiger partial charge on any atom is -0.370 e. The van der Waals surface area contributed by atoms with E-state index in [1.54, 1.807) is 5.56 Å². The number of piperidine rings is 1. The molecule has 2 N–H and O–H groups in total. The van der Waals surface area contributed by atoms with Gasteiger partial charge in [0, 0.05) is 41.8 Å². The second-order valence-corrected chi connectivity index (χ2v) is 8.85. The topological polar surface area (TPSA) is 27.3 Å². The second-order valence-electron chi connectivity index (χ2n) is 8.45. The van der Waals surface area contributed by atoms with Crippen molar-refractivity contribution in [3.63, 3.8) is 0 Å². The Morgan fingerprint density at radius 1 is 1.11 bits per heavy atom. The van der Waals surface area contributed by atoms with Gasteiger partial charge in [0.2, 0.25) is 0 Å². The van der Waals surface area contributed by atoms with Gasteiger partial charge in [0.1, 0.15) is 0 Å². The first-order valence-corrected chi connectivity index (χ1v) is 10.6. The van der Waals surface area contributed by atoms with Crippen LogP contribution in [0.4, 0.5) is 5.69 Å². The number of fused-ring (bicyclic) bond motifs is 3. The lowest BCUT2D eigenvalue weighted by Crippen LogP contribution is -2.52. The van der Waals surface area contributed by atoms with Gasteiger partial charge in [-0.15, -0.1) is 0 Å². The lowest BCUT2D eigenvalue weighted by Gasteiger charge is -2.43. The number of rotatable bonds is 2. The minimum atomic E-state index is 0.277. The van der Waals surface area contributed by atoms with Gasteiger partial charge in [-0.25, -0.2) is 0 Å². The van der Waals surface area contributed by atoms with Gasteiger partial charge in [-0.2, -0.15) is 0 Å². The molecule has 2 aromatic rings. The van der Waals surface area contributed by atoms with Crippen LogP contribution in [0, 0.1) is 0 Å². The number of nitrogens with one attached hydrogen (secondary N) is 2. The van der Waals surface area contributed by atoms with Gasteiger partial charge < -0.3 is 15.5 Å². The van der Waals surface area contributed by atoms with Gasteiger partial charge in [0.15, 0.2) is 0 Å². The van der Waals surface area contributed by atoms with Gasteiger partial charge in [0.05, 0.1) is 0 Å². The number of hydrogen-bond donors (Lipinski definition) is 2. The Morgan fingerprint density at radius 2 is 1.93 bits per heavy atom. The van der Waals surface area contributed by atoms with E-state index in [9.17, 15) is 0 Å². The van der Waals surface area contributed by atoms with Crippen molar-refractivity contribution in [3.05, 3.63) is 64.2 Å². The average molecular weight is 382 g/mol. The fraction of sp³-hybridized carbons (Fsp3) is 0.478. The number of halogens is 1. The van der Waals surface area contributed by atoms with Crippen molar-refractivity contribution in [1.82, 2.24) is 10.6 Å². The lowest BCUT2D eigenvalue weighted by molar-refractivity contribution is 0.240. The fourth-order valence-corrected chi connectivity index (χ4v) is 6.06. The maximum Gasteiger partial charge on any atom is 0.0441 e. The Morgan fingerprint density at radius 3 is 2.78 bits per heavy atom. The standard InChI is InChI=1S/C23H28ClN3/c1-27-21-8-3-2-6-19(21)23(9-11-25-12-10-23)22(27)14-17-13-18-16(15-26-17)5-4-7-20(18)24/h2-8,17,22,25-26H,9-15H2,1H3. The molecule has 0 aliphatic carbocycles. The van der Waals surface area contributed by atoms with Gasteiger partial charge >= 0.3 is 0 Å². The molecule has 3 nitrogen and oxygen atoms in total. The highest BCUT2D eigenvalue weighted by Gasteiger charge is 2.50. The third kappa shape index (κ3) is 2.79. The number of nitrogens with zero attached hydrogens (tertiary/aromatic N) is 1. The molecule has 142 valence electrons. The van der Waals surface area contributed by atoms with Gasteiger partial charge in [0.25, 0.3) is 0 Å². The zero-order valence-corrected chi connectivity index (χ0v) is 16.7.